The Morgan fingerprint density at radius 2 is 2.05 bits per heavy atom. The first-order valence-electron chi connectivity index (χ1n) is 7.60. The number of hydrogen-bond donors (Lipinski definition) is 2. The predicted octanol–water partition coefficient (Wildman–Crippen LogP) is 1.22. The standard InChI is InChI=1S/C16H25N5O/c1-20(2)8-4-9-21(3)10-7-18-14-11-16(22)19-15-12-17-6-5-13(14)15/h5-6,11-12H,4,7-10H2,1-3H3,(H2,18,19,22). The van der Waals surface area contributed by atoms with E-state index in [1.54, 1.807) is 18.5 Å². The van der Waals surface area contributed by atoms with Crippen molar-refractivity contribution in [2.45, 2.75) is 6.42 Å². The van der Waals surface area contributed by atoms with E-state index >= 15 is 0 Å². The minimum absolute atomic E-state index is 0.109. The lowest BCUT2D eigenvalue weighted by molar-refractivity contribution is 0.308. The van der Waals surface area contributed by atoms with Gasteiger partial charge < -0.3 is 20.1 Å². The maximum Gasteiger partial charge on any atom is 0.250 e. The molecule has 2 aromatic rings. The molecule has 0 unspecified atom stereocenters. The molecule has 2 rings (SSSR count). The van der Waals surface area contributed by atoms with Crippen LogP contribution in [0.2, 0.25) is 0 Å². The molecule has 6 nitrogen and oxygen atoms in total. The van der Waals surface area contributed by atoms with E-state index < -0.39 is 0 Å². The normalized spacial score (nSPS) is 11.5. The van der Waals surface area contributed by atoms with Gasteiger partial charge in [0.15, 0.2) is 0 Å². The van der Waals surface area contributed by atoms with Crippen LogP contribution < -0.4 is 10.9 Å². The lowest BCUT2D eigenvalue weighted by Gasteiger charge is -2.19. The Bertz CT molecular complexity index is 652. The van der Waals surface area contributed by atoms with Crippen LogP contribution in [-0.4, -0.2) is 67.1 Å². The molecule has 120 valence electrons. The van der Waals surface area contributed by atoms with Gasteiger partial charge in [-0.25, -0.2) is 0 Å². The van der Waals surface area contributed by atoms with E-state index in [0.29, 0.717) is 0 Å². The van der Waals surface area contributed by atoms with E-state index in [1.807, 2.05) is 6.07 Å². The average Bonchev–Trinajstić information content (AvgIpc) is 2.46. The van der Waals surface area contributed by atoms with Gasteiger partial charge in [-0.05, 0) is 46.7 Å². The summed E-state index contributed by atoms with van der Waals surface area (Å²) in [6, 6.07) is 3.52. The number of rotatable bonds is 8. The van der Waals surface area contributed by atoms with Crippen LogP contribution in [0.25, 0.3) is 10.9 Å². The van der Waals surface area contributed by atoms with Gasteiger partial charge in [0, 0.05) is 36.4 Å². The molecule has 0 aromatic carbocycles. The number of aromatic nitrogens is 2. The van der Waals surface area contributed by atoms with Crippen molar-refractivity contribution in [3.05, 3.63) is 34.9 Å². The number of anilines is 1. The van der Waals surface area contributed by atoms with Crippen molar-refractivity contribution in [1.29, 1.82) is 0 Å². The molecule has 2 heterocycles. The second kappa shape index (κ2) is 7.91. The van der Waals surface area contributed by atoms with Crippen LogP contribution in [0.1, 0.15) is 6.42 Å². The van der Waals surface area contributed by atoms with E-state index in [2.05, 4.69) is 46.2 Å². The van der Waals surface area contributed by atoms with E-state index in [4.69, 9.17) is 0 Å². The van der Waals surface area contributed by atoms with Crippen LogP contribution >= 0.6 is 0 Å². The maximum atomic E-state index is 11.7. The largest absolute Gasteiger partial charge is 0.383 e. The highest BCUT2D eigenvalue weighted by atomic mass is 16.1. The molecule has 0 radical (unpaired) electrons. The molecule has 0 amide bonds. The van der Waals surface area contributed by atoms with Gasteiger partial charge in [-0.2, -0.15) is 0 Å². The summed E-state index contributed by atoms with van der Waals surface area (Å²) in [6.07, 6.45) is 4.57. The lowest BCUT2D eigenvalue weighted by atomic mass is 10.2. The molecule has 0 saturated carbocycles. The van der Waals surface area contributed by atoms with Gasteiger partial charge in [-0.1, -0.05) is 0 Å². The second-order valence-corrected chi connectivity index (χ2v) is 5.86. The summed E-state index contributed by atoms with van der Waals surface area (Å²) in [7, 11) is 6.31. The number of hydrogen-bond acceptors (Lipinski definition) is 5. The molecule has 2 aromatic heterocycles. The Kier molecular flexibility index (Phi) is 5.91. The van der Waals surface area contributed by atoms with Gasteiger partial charge in [0.25, 0.3) is 5.56 Å². The minimum atomic E-state index is -0.109. The highest BCUT2D eigenvalue weighted by Gasteiger charge is 2.04. The zero-order valence-corrected chi connectivity index (χ0v) is 13.6. The minimum Gasteiger partial charge on any atom is -0.383 e. The molecule has 0 fully saturated rings. The van der Waals surface area contributed by atoms with Crippen LogP contribution in [-0.2, 0) is 0 Å². The molecular formula is C16H25N5O. The summed E-state index contributed by atoms with van der Waals surface area (Å²) in [5.41, 5.74) is 1.52. The molecule has 0 aliphatic carbocycles. The van der Waals surface area contributed by atoms with Crippen LogP contribution in [0, 0.1) is 0 Å². The monoisotopic (exact) mass is 303 g/mol. The van der Waals surface area contributed by atoms with Gasteiger partial charge in [-0.15, -0.1) is 0 Å². The Balaban J connectivity index is 1.88. The number of H-pyrrole nitrogens is 1. The molecule has 22 heavy (non-hydrogen) atoms. The molecule has 0 atom stereocenters. The molecule has 6 heteroatoms. The van der Waals surface area contributed by atoms with Crippen molar-refractivity contribution in [2.75, 3.05) is 52.6 Å². The van der Waals surface area contributed by atoms with Crippen molar-refractivity contribution in [3.63, 3.8) is 0 Å². The molecular weight excluding hydrogens is 278 g/mol. The van der Waals surface area contributed by atoms with Gasteiger partial charge in [-0.3, -0.25) is 9.78 Å². The number of likely N-dealkylation sites (N-methyl/N-ethyl adjacent to an activating group) is 1. The first kappa shape index (κ1) is 16.5. The van der Waals surface area contributed by atoms with Crippen LogP contribution in [0.3, 0.4) is 0 Å². The van der Waals surface area contributed by atoms with Crippen LogP contribution in [0.15, 0.2) is 29.3 Å². The van der Waals surface area contributed by atoms with Crippen LogP contribution in [0.4, 0.5) is 5.69 Å². The smallest absolute Gasteiger partial charge is 0.250 e. The number of aromatic amines is 1. The third-order valence-electron chi connectivity index (χ3n) is 3.60. The summed E-state index contributed by atoms with van der Waals surface area (Å²) < 4.78 is 0. The fourth-order valence-corrected chi connectivity index (χ4v) is 2.40. The Labute approximate surface area is 131 Å². The highest BCUT2D eigenvalue weighted by molar-refractivity contribution is 5.90. The molecule has 0 aliphatic heterocycles. The van der Waals surface area contributed by atoms with E-state index in [1.165, 1.54) is 0 Å². The van der Waals surface area contributed by atoms with Gasteiger partial charge in [0.1, 0.15) is 0 Å². The van der Waals surface area contributed by atoms with Crippen LogP contribution in [0.5, 0.6) is 0 Å². The molecule has 0 spiro atoms. The van der Waals surface area contributed by atoms with Gasteiger partial charge >= 0.3 is 0 Å². The molecule has 0 saturated heterocycles. The molecule has 0 bridgehead atoms. The summed E-state index contributed by atoms with van der Waals surface area (Å²) in [6.45, 7) is 3.91. The van der Waals surface area contributed by atoms with Crippen molar-refractivity contribution in [2.24, 2.45) is 0 Å². The molecule has 0 aliphatic rings. The maximum absolute atomic E-state index is 11.7. The number of fused-ring (bicyclic) bond motifs is 1. The predicted molar refractivity (Wildman–Crippen MR) is 91.5 cm³/mol. The van der Waals surface area contributed by atoms with Crippen molar-refractivity contribution < 1.29 is 0 Å². The summed E-state index contributed by atoms with van der Waals surface area (Å²) in [5, 5.41) is 4.35. The van der Waals surface area contributed by atoms with Gasteiger partial charge in [0.2, 0.25) is 0 Å². The van der Waals surface area contributed by atoms with E-state index in [-0.39, 0.29) is 5.56 Å². The third kappa shape index (κ3) is 4.82. The fourth-order valence-electron chi connectivity index (χ4n) is 2.40. The number of pyridine rings is 2. The zero-order valence-electron chi connectivity index (χ0n) is 13.6. The summed E-state index contributed by atoms with van der Waals surface area (Å²) in [5.74, 6) is 0. The van der Waals surface area contributed by atoms with E-state index in [0.717, 1.165) is 49.2 Å². The summed E-state index contributed by atoms with van der Waals surface area (Å²) >= 11 is 0. The quantitative estimate of drug-likeness (QED) is 0.768. The Morgan fingerprint density at radius 3 is 2.82 bits per heavy atom. The van der Waals surface area contributed by atoms with Crippen molar-refractivity contribution >= 4 is 16.6 Å². The Morgan fingerprint density at radius 1 is 1.23 bits per heavy atom. The van der Waals surface area contributed by atoms with Gasteiger partial charge in [0.05, 0.1) is 11.7 Å². The van der Waals surface area contributed by atoms with E-state index in [9.17, 15) is 4.79 Å². The number of nitrogens with one attached hydrogen (secondary N) is 2. The first-order valence-corrected chi connectivity index (χ1v) is 7.60. The Hall–Kier alpha value is -1.92. The highest BCUT2D eigenvalue weighted by Crippen LogP contribution is 2.17. The SMILES string of the molecule is CN(C)CCCN(C)CCNc1cc(=O)[nH]c2cnccc12. The summed E-state index contributed by atoms with van der Waals surface area (Å²) in [4.78, 5) is 23.0. The second-order valence-electron chi connectivity index (χ2n) is 5.86. The number of nitrogens with zero attached hydrogens (tertiary/aromatic N) is 3. The first-order chi connectivity index (χ1) is 10.6. The third-order valence-corrected chi connectivity index (χ3v) is 3.60. The lowest BCUT2D eigenvalue weighted by Crippen LogP contribution is -2.28. The fraction of sp³-hybridized carbons (Fsp3) is 0.500. The average molecular weight is 303 g/mol. The van der Waals surface area contributed by atoms with Crippen molar-refractivity contribution in [3.8, 4) is 0 Å². The molecule has 2 N–H and O–H groups in total. The van der Waals surface area contributed by atoms with Crippen molar-refractivity contribution in [1.82, 2.24) is 19.8 Å². The zero-order chi connectivity index (χ0) is 15.9. The topological polar surface area (TPSA) is 64.3 Å².